The molecule has 0 radical (unpaired) electrons. The van der Waals surface area contributed by atoms with Gasteiger partial charge in [-0.1, -0.05) is 67.6 Å². The summed E-state index contributed by atoms with van der Waals surface area (Å²) in [4.78, 5) is 4.30. The fourth-order valence-electron chi connectivity index (χ4n) is 2.88. The Morgan fingerprint density at radius 1 is 0.962 bits per heavy atom. The van der Waals surface area contributed by atoms with Crippen LogP contribution in [0.5, 0.6) is 0 Å². The summed E-state index contributed by atoms with van der Waals surface area (Å²) in [5.41, 5.74) is 6.33. The minimum Gasteiger partial charge on any atom is -0.366 e. The van der Waals surface area contributed by atoms with Crippen LogP contribution < -0.4 is 5.32 Å². The van der Waals surface area contributed by atoms with E-state index in [0.717, 1.165) is 18.8 Å². The highest BCUT2D eigenvalue weighted by Gasteiger charge is 2.05. The van der Waals surface area contributed by atoms with Gasteiger partial charge >= 0.3 is 0 Å². The zero-order valence-corrected chi connectivity index (χ0v) is 15.6. The van der Waals surface area contributed by atoms with Crippen molar-refractivity contribution in [3.05, 3.63) is 96.2 Å². The van der Waals surface area contributed by atoms with Gasteiger partial charge in [0.15, 0.2) is 0 Å². The molecule has 26 heavy (non-hydrogen) atoms. The van der Waals surface area contributed by atoms with E-state index in [4.69, 9.17) is 0 Å². The molecule has 0 saturated heterocycles. The van der Waals surface area contributed by atoms with Crippen molar-refractivity contribution in [2.24, 2.45) is 5.92 Å². The maximum Gasteiger partial charge on any atom is 0.126 e. The van der Waals surface area contributed by atoms with Crippen molar-refractivity contribution in [3.63, 3.8) is 0 Å². The topological polar surface area (TPSA) is 24.9 Å². The number of aromatic nitrogens is 1. The molecule has 1 atom stereocenters. The SMILES string of the molecule is C=C(C)C(C)Cc1ccc(-c2cccc(CNc3ccccn3)c2)cc1. The molecule has 1 N–H and O–H groups in total. The number of pyridine rings is 1. The van der Waals surface area contributed by atoms with Crippen molar-refractivity contribution in [3.8, 4) is 11.1 Å². The third-order valence-electron chi connectivity index (χ3n) is 4.74. The molecule has 2 heteroatoms. The average Bonchev–Trinajstić information content (AvgIpc) is 2.68. The molecule has 0 fully saturated rings. The van der Waals surface area contributed by atoms with E-state index in [-0.39, 0.29) is 0 Å². The maximum absolute atomic E-state index is 4.30. The molecular formula is C24H26N2. The van der Waals surface area contributed by atoms with Crippen molar-refractivity contribution in [2.75, 3.05) is 5.32 Å². The summed E-state index contributed by atoms with van der Waals surface area (Å²) in [6.45, 7) is 9.15. The van der Waals surface area contributed by atoms with E-state index < -0.39 is 0 Å². The molecule has 1 unspecified atom stereocenters. The molecule has 3 aromatic rings. The first-order valence-electron chi connectivity index (χ1n) is 9.10. The number of anilines is 1. The summed E-state index contributed by atoms with van der Waals surface area (Å²) in [5.74, 6) is 1.41. The van der Waals surface area contributed by atoms with Crippen LogP contribution in [0.25, 0.3) is 11.1 Å². The Morgan fingerprint density at radius 3 is 2.46 bits per heavy atom. The van der Waals surface area contributed by atoms with Crippen molar-refractivity contribution < 1.29 is 0 Å². The van der Waals surface area contributed by atoms with E-state index in [9.17, 15) is 0 Å². The second-order valence-electron chi connectivity index (χ2n) is 6.92. The zero-order chi connectivity index (χ0) is 18.4. The van der Waals surface area contributed by atoms with Crippen LogP contribution in [0.2, 0.25) is 0 Å². The molecule has 0 aliphatic rings. The van der Waals surface area contributed by atoms with Gasteiger partial charge in [0, 0.05) is 12.7 Å². The highest BCUT2D eigenvalue weighted by molar-refractivity contribution is 5.64. The number of nitrogens with one attached hydrogen (secondary N) is 1. The van der Waals surface area contributed by atoms with E-state index in [2.05, 4.69) is 79.3 Å². The summed E-state index contributed by atoms with van der Waals surface area (Å²) in [7, 11) is 0. The predicted octanol–water partition coefficient (Wildman–Crippen LogP) is 6.12. The largest absolute Gasteiger partial charge is 0.366 e. The third kappa shape index (κ3) is 4.82. The minimum atomic E-state index is 0.516. The van der Waals surface area contributed by atoms with Gasteiger partial charge in [0.2, 0.25) is 0 Å². The predicted molar refractivity (Wildman–Crippen MR) is 111 cm³/mol. The first kappa shape index (κ1) is 17.9. The number of nitrogens with zero attached hydrogens (tertiary/aromatic N) is 1. The Balaban J connectivity index is 1.68. The lowest BCUT2D eigenvalue weighted by molar-refractivity contribution is 0.680. The lowest BCUT2D eigenvalue weighted by Gasteiger charge is -2.12. The van der Waals surface area contributed by atoms with Crippen molar-refractivity contribution in [1.82, 2.24) is 4.98 Å². The van der Waals surface area contributed by atoms with E-state index in [1.165, 1.54) is 27.8 Å². The second-order valence-corrected chi connectivity index (χ2v) is 6.92. The highest BCUT2D eigenvalue weighted by Crippen LogP contribution is 2.23. The quantitative estimate of drug-likeness (QED) is 0.524. The van der Waals surface area contributed by atoms with Crippen LogP contribution >= 0.6 is 0 Å². The standard InChI is InChI=1S/C24H26N2/c1-18(2)19(3)15-20-10-12-22(13-11-20)23-8-6-7-21(16-23)17-26-24-9-4-5-14-25-24/h4-14,16,19H,1,15,17H2,2-3H3,(H,25,26). The van der Waals surface area contributed by atoms with E-state index in [0.29, 0.717) is 5.92 Å². The van der Waals surface area contributed by atoms with Crippen molar-refractivity contribution in [2.45, 2.75) is 26.8 Å². The fraction of sp³-hybridized carbons (Fsp3) is 0.208. The van der Waals surface area contributed by atoms with Gasteiger partial charge in [-0.15, -0.1) is 0 Å². The third-order valence-corrected chi connectivity index (χ3v) is 4.74. The van der Waals surface area contributed by atoms with E-state index in [1.807, 2.05) is 18.2 Å². The molecule has 3 rings (SSSR count). The number of hydrogen-bond donors (Lipinski definition) is 1. The number of allylic oxidation sites excluding steroid dienone is 1. The number of rotatable bonds is 7. The maximum atomic E-state index is 4.30. The van der Waals surface area contributed by atoms with Gasteiger partial charge < -0.3 is 5.32 Å². The van der Waals surface area contributed by atoms with Gasteiger partial charge in [-0.2, -0.15) is 0 Å². The Morgan fingerprint density at radius 2 is 1.77 bits per heavy atom. The fourth-order valence-corrected chi connectivity index (χ4v) is 2.88. The minimum absolute atomic E-state index is 0.516. The van der Waals surface area contributed by atoms with Crippen LogP contribution in [0, 0.1) is 5.92 Å². The van der Waals surface area contributed by atoms with E-state index >= 15 is 0 Å². The van der Waals surface area contributed by atoms with Crippen LogP contribution in [0.15, 0.2) is 85.1 Å². The molecule has 0 aliphatic heterocycles. The molecule has 0 bridgehead atoms. The molecule has 0 amide bonds. The van der Waals surface area contributed by atoms with Gasteiger partial charge in [-0.25, -0.2) is 4.98 Å². The van der Waals surface area contributed by atoms with Gasteiger partial charge in [-0.3, -0.25) is 0 Å². The van der Waals surface area contributed by atoms with Gasteiger partial charge in [0.25, 0.3) is 0 Å². The van der Waals surface area contributed by atoms with Crippen molar-refractivity contribution in [1.29, 1.82) is 0 Å². The van der Waals surface area contributed by atoms with Gasteiger partial charge in [0.1, 0.15) is 5.82 Å². The first-order valence-corrected chi connectivity index (χ1v) is 9.10. The van der Waals surface area contributed by atoms with Gasteiger partial charge in [-0.05, 0) is 59.7 Å². The molecule has 1 heterocycles. The van der Waals surface area contributed by atoms with Crippen LogP contribution in [0.3, 0.4) is 0 Å². The first-order chi connectivity index (χ1) is 12.6. The van der Waals surface area contributed by atoms with Crippen LogP contribution in [0.1, 0.15) is 25.0 Å². The van der Waals surface area contributed by atoms with Crippen LogP contribution in [-0.4, -0.2) is 4.98 Å². The molecule has 0 spiro atoms. The molecule has 0 aliphatic carbocycles. The second kappa shape index (κ2) is 8.48. The number of benzene rings is 2. The average molecular weight is 342 g/mol. The van der Waals surface area contributed by atoms with Crippen molar-refractivity contribution >= 4 is 5.82 Å². The number of hydrogen-bond acceptors (Lipinski definition) is 2. The molecular weight excluding hydrogens is 316 g/mol. The summed E-state index contributed by atoms with van der Waals surface area (Å²) < 4.78 is 0. The van der Waals surface area contributed by atoms with Crippen LogP contribution in [-0.2, 0) is 13.0 Å². The summed E-state index contributed by atoms with van der Waals surface area (Å²) >= 11 is 0. The van der Waals surface area contributed by atoms with E-state index in [1.54, 1.807) is 6.20 Å². The zero-order valence-electron chi connectivity index (χ0n) is 15.6. The molecule has 2 aromatic carbocycles. The summed E-state index contributed by atoms with van der Waals surface area (Å²) in [6, 6.07) is 23.4. The van der Waals surface area contributed by atoms with Gasteiger partial charge in [0.05, 0.1) is 0 Å². The molecule has 2 nitrogen and oxygen atoms in total. The highest BCUT2D eigenvalue weighted by atomic mass is 15.0. The molecule has 0 saturated carbocycles. The molecule has 1 aromatic heterocycles. The Kier molecular flexibility index (Phi) is 5.85. The molecule has 132 valence electrons. The Labute approximate surface area is 156 Å². The summed E-state index contributed by atoms with van der Waals surface area (Å²) in [6.07, 6.45) is 2.85. The van der Waals surface area contributed by atoms with Crippen LogP contribution in [0.4, 0.5) is 5.82 Å². The lowest BCUT2D eigenvalue weighted by Crippen LogP contribution is -2.01. The smallest absolute Gasteiger partial charge is 0.126 e. The Bertz CT molecular complexity index is 851. The normalized spacial score (nSPS) is 11.8. The summed E-state index contributed by atoms with van der Waals surface area (Å²) in [5, 5.41) is 3.36. The lowest BCUT2D eigenvalue weighted by atomic mass is 9.94. The Hall–Kier alpha value is -2.87. The monoisotopic (exact) mass is 342 g/mol.